The van der Waals surface area contributed by atoms with E-state index in [9.17, 15) is 4.79 Å². The standard InChI is InChI=1S/C21H25NO3S/c1-3-25-20-15-17(9-11-19(20)24-2)10-12-21(23)22-13-14-26-16-18-7-5-4-6-8-18/h4-12,15H,3,13-14,16H2,1-2H3,(H,22,23)/b12-10+. The minimum absolute atomic E-state index is 0.0981. The monoisotopic (exact) mass is 371 g/mol. The van der Waals surface area contributed by atoms with Crippen molar-refractivity contribution in [3.63, 3.8) is 0 Å². The van der Waals surface area contributed by atoms with Gasteiger partial charge >= 0.3 is 0 Å². The van der Waals surface area contributed by atoms with Gasteiger partial charge in [0, 0.05) is 24.1 Å². The molecule has 0 spiro atoms. The van der Waals surface area contributed by atoms with Gasteiger partial charge in [0.2, 0.25) is 5.91 Å². The Kier molecular flexibility index (Phi) is 8.63. The highest BCUT2D eigenvalue weighted by molar-refractivity contribution is 7.98. The fraction of sp³-hybridized carbons (Fsp3) is 0.286. The Bertz CT molecular complexity index is 716. The quantitative estimate of drug-likeness (QED) is 0.503. The van der Waals surface area contributed by atoms with Crippen LogP contribution in [0.2, 0.25) is 0 Å². The number of amides is 1. The minimum atomic E-state index is -0.0981. The first-order valence-corrected chi connectivity index (χ1v) is 9.76. The summed E-state index contributed by atoms with van der Waals surface area (Å²) in [4.78, 5) is 11.9. The molecule has 4 nitrogen and oxygen atoms in total. The third-order valence-corrected chi connectivity index (χ3v) is 4.60. The van der Waals surface area contributed by atoms with E-state index in [1.54, 1.807) is 31.0 Å². The lowest BCUT2D eigenvalue weighted by Gasteiger charge is -2.09. The van der Waals surface area contributed by atoms with Gasteiger partial charge in [-0.1, -0.05) is 36.4 Å². The van der Waals surface area contributed by atoms with Crippen LogP contribution in [-0.4, -0.2) is 31.9 Å². The largest absolute Gasteiger partial charge is 0.493 e. The van der Waals surface area contributed by atoms with Gasteiger partial charge in [-0.3, -0.25) is 4.79 Å². The van der Waals surface area contributed by atoms with Crippen molar-refractivity contribution >= 4 is 23.7 Å². The number of carbonyl (C=O) groups excluding carboxylic acids is 1. The van der Waals surface area contributed by atoms with Crippen molar-refractivity contribution in [3.05, 3.63) is 65.7 Å². The number of thioether (sulfide) groups is 1. The van der Waals surface area contributed by atoms with Crippen LogP contribution in [0, 0.1) is 0 Å². The maximum absolute atomic E-state index is 11.9. The molecular weight excluding hydrogens is 346 g/mol. The zero-order valence-electron chi connectivity index (χ0n) is 15.2. The average Bonchev–Trinajstić information content (AvgIpc) is 2.67. The Morgan fingerprint density at radius 2 is 1.96 bits per heavy atom. The number of nitrogens with one attached hydrogen (secondary N) is 1. The van der Waals surface area contributed by atoms with Gasteiger partial charge in [0.15, 0.2) is 11.5 Å². The lowest BCUT2D eigenvalue weighted by atomic mass is 10.2. The summed E-state index contributed by atoms with van der Waals surface area (Å²) in [6.45, 7) is 3.13. The van der Waals surface area contributed by atoms with Crippen LogP contribution in [0.4, 0.5) is 0 Å². The van der Waals surface area contributed by atoms with E-state index in [4.69, 9.17) is 9.47 Å². The van der Waals surface area contributed by atoms with Gasteiger partial charge in [-0.2, -0.15) is 11.8 Å². The molecule has 0 saturated carbocycles. The number of hydrogen-bond acceptors (Lipinski definition) is 4. The summed E-state index contributed by atoms with van der Waals surface area (Å²) in [7, 11) is 1.61. The highest BCUT2D eigenvalue weighted by atomic mass is 32.2. The molecule has 0 bridgehead atoms. The summed E-state index contributed by atoms with van der Waals surface area (Å²) in [6.07, 6.45) is 3.31. The Morgan fingerprint density at radius 3 is 2.69 bits per heavy atom. The molecule has 0 radical (unpaired) electrons. The van der Waals surface area contributed by atoms with Crippen LogP contribution < -0.4 is 14.8 Å². The zero-order valence-corrected chi connectivity index (χ0v) is 16.1. The second-order valence-electron chi connectivity index (χ2n) is 5.51. The summed E-state index contributed by atoms with van der Waals surface area (Å²) in [6, 6.07) is 15.9. The summed E-state index contributed by atoms with van der Waals surface area (Å²) in [5, 5.41) is 2.90. The normalized spacial score (nSPS) is 10.7. The molecule has 0 aromatic heterocycles. The number of methoxy groups -OCH3 is 1. The van der Waals surface area contributed by atoms with Gasteiger partial charge < -0.3 is 14.8 Å². The van der Waals surface area contributed by atoms with Crippen molar-refractivity contribution in [1.29, 1.82) is 0 Å². The SMILES string of the molecule is CCOc1cc(/C=C/C(=O)NCCSCc2ccccc2)ccc1OC. The zero-order chi connectivity index (χ0) is 18.6. The third-order valence-electron chi connectivity index (χ3n) is 3.57. The van der Waals surface area contributed by atoms with Crippen LogP contribution in [0.1, 0.15) is 18.1 Å². The highest BCUT2D eigenvalue weighted by Crippen LogP contribution is 2.28. The molecule has 1 amide bonds. The predicted octanol–water partition coefficient (Wildman–Crippen LogP) is 4.16. The second-order valence-corrected chi connectivity index (χ2v) is 6.61. The van der Waals surface area contributed by atoms with Crippen LogP contribution in [0.25, 0.3) is 6.08 Å². The molecule has 2 aromatic carbocycles. The van der Waals surface area contributed by atoms with E-state index in [0.717, 1.165) is 17.1 Å². The Morgan fingerprint density at radius 1 is 1.15 bits per heavy atom. The molecule has 0 unspecified atom stereocenters. The molecule has 0 atom stereocenters. The second kappa shape index (κ2) is 11.3. The Labute approximate surface area is 159 Å². The molecule has 2 aromatic rings. The summed E-state index contributed by atoms with van der Waals surface area (Å²) in [5.74, 6) is 3.10. The van der Waals surface area contributed by atoms with Crippen LogP contribution in [0.15, 0.2) is 54.6 Å². The maximum Gasteiger partial charge on any atom is 0.244 e. The molecule has 0 aliphatic rings. The first kappa shape index (κ1) is 19.9. The van der Waals surface area contributed by atoms with Crippen molar-refractivity contribution < 1.29 is 14.3 Å². The van der Waals surface area contributed by atoms with Gasteiger partial charge in [-0.15, -0.1) is 0 Å². The van der Waals surface area contributed by atoms with Crippen molar-refractivity contribution in [2.75, 3.05) is 26.0 Å². The number of benzene rings is 2. The topological polar surface area (TPSA) is 47.6 Å². The van der Waals surface area contributed by atoms with Crippen molar-refractivity contribution in [1.82, 2.24) is 5.32 Å². The summed E-state index contributed by atoms with van der Waals surface area (Å²) < 4.78 is 10.8. The first-order chi connectivity index (χ1) is 12.7. The minimum Gasteiger partial charge on any atom is -0.493 e. The van der Waals surface area contributed by atoms with Crippen LogP contribution in [0.5, 0.6) is 11.5 Å². The number of hydrogen-bond donors (Lipinski definition) is 1. The molecule has 0 aliphatic heterocycles. The van der Waals surface area contributed by atoms with E-state index in [-0.39, 0.29) is 5.91 Å². The Hall–Kier alpha value is -2.40. The van der Waals surface area contributed by atoms with Gasteiger partial charge in [-0.05, 0) is 36.3 Å². The van der Waals surface area contributed by atoms with Gasteiger partial charge in [0.1, 0.15) is 0 Å². The fourth-order valence-electron chi connectivity index (χ4n) is 2.31. The predicted molar refractivity (Wildman–Crippen MR) is 109 cm³/mol. The van der Waals surface area contributed by atoms with Crippen LogP contribution in [-0.2, 0) is 10.5 Å². The van der Waals surface area contributed by atoms with Crippen molar-refractivity contribution in [3.8, 4) is 11.5 Å². The lowest BCUT2D eigenvalue weighted by Crippen LogP contribution is -2.23. The molecule has 5 heteroatoms. The highest BCUT2D eigenvalue weighted by Gasteiger charge is 2.04. The number of carbonyl (C=O) groups is 1. The lowest BCUT2D eigenvalue weighted by molar-refractivity contribution is -0.116. The van der Waals surface area contributed by atoms with E-state index in [2.05, 4.69) is 17.4 Å². The smallest absolute Gasteiger partial charge is 0.244 e. The summed E-state index contributed by atoms with van der Waals surface area (Å²) >= 11 is 1.81. The van der Waals surface area contributed by atoms with Gasteiger partial charge in [0.25, 0.3) is 0 Å². The molecule has 0 fully saturated rings. The van der Waals surface area contributed by atoms with E-state index < -0.39 is 0 Å². The van der Waals surface area contributed by atoms with Crippen LogP contribution in [0.3, 0.4) is 0 Å². The molecular formula is C21H25NO3S. The van der Waals surface area contributed by atoms with Gasteiger partial charge in [-0.25, -0.2) is 0 Å². The van der Waals surface area contributed by atoms with Crippen LogP contribution >= 0.6 is 11.8 Å². The molecule has 26 heavy (non-hydrogen) atoms. The van der Waals surface area contributed by atoms with E-state index in [1.807, 2.05) is 43.3 Å². The maximum atomic E-state index is 11.9. The number of ether oxygens (including phenoxy) is 2. The van der Waals surface area contributed by atoms with E-state index in [0.29, 0.717) is 24.7 Å². The van der Waals surface area contributed by atoms with Crippen molar-refractivity contribution in [2.45, 2.75) is 12.7 Å². The third kappa shape index (κ3) is 6.84. The molecule has 1 N–H and O–H groups in total. The van der Waals surface area contributed by atoms with Gasteiger partial charge in [0.05, 0.1) is 13.7 Å². The molecule has 138 valence electrons. The Balaban J connectivity index is 1.74. The molecule has 0 saturated heterocycles. The number of rotatable bonds is 10. The van der Waals surface area contributed by atoms with E-state index >= 15 is 0 Å². The fourth-order valence-corrected chi connectivity index (χ4v) is 3.13. The molecule has 0 aliphatic carbocycles. The van der Waals surface area contributed by atoms with Crippen molar-refractivity contribution in [2.24, 2.45) is 0 Å². The van der Waals surface area contributed by atoms with E-state index in [1.165, 1.54) is 5.56 Å². The summed E-state index contributed by atoms with van der Waals surface area (Å²) in [5.41, 5.74) is 2.19. The average molecular weight is 372 g/mol. The molecule has 2 rings (SSSR count). The first-order valence-electron chi connectivity index (χ1n) is 8.61. The molecule has 0 heterocycles.